The van der Waals surface area contributed by atoms with E-state index in [0.717, 1.165) is 53.9 Å². The highest BCUT2D eigenvalue weighted by atomic mass is 35.5. The quantitative estimate of drug-likeness (QED) is 0.438. The standard InChI is InChI=1S/C25H26Cl2N4OS/c1-15-12-19(16(2)31(15)22-9-8-17(26)13-20(22)27)24-23(21-7-3-4-10-28-21)29-25(33)30(24)14-18-6-5-11-32-18/h3-4,7-10,12-13,18,23-24H,5-6,11,14H2,1-2H3,(H,29,33)/t18-,23-,24+/m0/s1. The van der Waals surface area contributed by atoms with Crippen molar-refractivity contribution in [2.45, 2.75) is 44.9 Å². The lowest BCUT2D eigenvalue weighted by molar-refractivity contribution is 0.0842. The van der Waals surface area contributed by atoms with Gasteiger partial charge in [0.05, 0.1) is 34.6 Å². The summed E-state index contributed by atoms with van der Waals surface area (Å²) in [5.74, 6) is 0. The Hall–Kier alpha value is -2.12. The third-order valence-electron chi connectivity index (χ3n) is 6.56. The van der Waals surface area contributed by atoms with Crippen molar-refractivity contribution in [3.05, 3.63) is 81.4 Å². The van der Waals surface area contributed by atoms with E-state index >= 15 is 0 Å². The Morgan fingerprint density at radius 1 is 1.18 bits per heavy atom. The van der Waals surface area contributed by atoms with Crippen molar-refractivity contribution >= 4 is 40.5 Å². The lowest BCUT2D eigenvalue weighted by atomic mass is 9.96. The number of nitrogens with zero attached hydrogens (tertiary/aromatic N) is 3. The van der Waals surface area contributed by atoms with E-state index in [4.69, 9.17) is 40.2 Å². The molecular weight excluding hydrogens is 475 g/mol. The van der Waals surface area contributed by atoms with Crippen LogP contribution in [-0.2, 0) is 4.74 Å². The monoisotopic (exact) mass is 500 g/mol. The van der Waals surface area contributed by atoms with Crippen LogP contribution in [-0.4, -0.2) is 38.8 Å². The van der Waals surface area contributed by atoms with E-state index in [2.05, 4.69) is 45.7 Å². The first-order chi connectivity index (χ1) is 15.9. The maximum atomic E-state index is 6.59. The number of hydrogen-bond donors (Lipinski definition) is 1. The van der Waals surface area contributed by atoms with Crippen LogP contribution in [0.25, 0.3) is 5.69 Å². The SMILES string of the molecule is Cc1cc([C@@H]2[C@H](c3ccccn3)NC(=S)N2C[C@@H]2CCCO2)c(C)n1-c1ccc(Cl)cc1Cl. The zero-order valence-corrected chi connectivity index (χ0v) is 20.9. The molecule has 2 aliphatic rings. The molecule has 5 nitrogen and oxygen atoms in total. The Kier molecular flexibility index (Phi) is 6.36. The van der Waals surface area contributed by atoms with Crippen LogP contribution in [0.5, 0.6) is 0 Å². The number of aryl methyl sites for hydroxylation is 1. The molecule has 0 saturated carbocycles. The summed E-state index contributed by atoms with van der Waals surface area (Å²) in [5, 5.41) is 5.52. The van der Waals surface area contributed by atoms with Gasteiger partial charge in [-0.05, 0) is 80.9 Å². The summed E-state index contributed by atoms with van der Waals surface area (Å²) in [7, 11) is 0. The van der Waals surface area contributed by atoms with Crippen LogP contribution in [0, 0.1) is 13.8 Å². The summed E-state index contributed by atoms with van der Waals surface area (Å²) in [6.45, 7) is 5.80. The van der Waals surface area contributed by atoms with E-state index in [0.29, 0.717) is 10.0 Å². The fourth-order valence-electron chi connectivity index (χ4n) is 5.07. The van der Waals surface area contributed by atoms with E-state index in [1.165, 1.54) is 5.56 Å². The molecule has 3 atom stereocenters. The van der Waals surface area contributed by atoms with Gasteiger partial charge in [-0.3, -0.25) is 4.98 Å². The molecule has 1 N–H and O–H groups in total. The van der Waals surface area contributed by atoms with Gasteiger partial charge in [0.25, 0.3) is 0 Å². The highest BCUT2D eigenvalue weighted by molar-refractivity contribution is 7.80. The molecule has 3 aromatic rings. The summed E-state index contributed by atoms with van der Waals surface area (Å²) in [4.78, 5) is 6.93. The van der Waals surface area contributed by atoms with Gasteiger partial charge in [-0.25, -0.2) is 0 Å². The normalized spacial score (nSPS) is 22.7. The first kappa shape index (κ1) is 22.7. The molecule has 0 unspecified atom stereocenters. The van der Waals surface area contributed by atoms with Gasteiger partial charge in [-0.15, -0.1) is 0 Å². The second-order valence-corrected chi connectivity index (χ2v) is 9.90. The van der Waals surface area contributed by atoms with Gasteiger partial charge in [-0.2, -0.15) is 0 Å². The van der Waals surface area contributed by atoms with Gasteiger partial charge < -0.3 is 19.5 Å². The van der Waals surface area contributed by atoms with Crippen molar-refractivity contribution in [3.8, 4) is 5.69 Å². The molecule has 8 heteroatoms. The summed E-state index contributed by atoms with van der Waals surface area (Å²) >= 11 is 18.6. The predicted molar refractivity (Wildman–Crippen MR) is 136 cm³/mol. The first-order valence-corrected chi connectivity index (χ1v) is 12.3. The van der Waals surface area contributed by atoms with E-state index < -0.39 is 0 Å². The van der Waals surface area contributed by atoms with Crippen LogP contribution in [0.4, 0.5) is 0 Å². The van der Waals surface area contributed by atoms with Crippen LogP contribution in [0.15, 0.2) is 48.7 Å². The van der Waals surface area contributed by atoms with Crippen molar-refractivity contribution < 1.29 is 4.74 Å². The first-order valence-electron chi connectivity index (χ1n) is 11.2. The van der Waals surface area contributed by atoms with Crippen LogP contribution < -0.4 is 5.32 Å². The van der Waals surface area contributed by atoms with E-state index in [-0.39, 0.29) is 18.2 Å². The van der Waals surface area contributed by atoms with Gasteiger partial charge >= 0.3 is 0 Å². The van der Waals surface area contributed by atoms with E-state index in [1.54, 1.807) is 6.07 Å². The largest absolute Gasteiger partial charge is 0.376 e. The topological polar surface area (TPSA) is 42.3 Å². The molecule has 4 heterocycles. The molecule has 0 radical (unpaired) electrons. The van der Waals surface area contributed by atoms with Crippen LogP contribution in [0.3, 0.4) is 0 Å². The Bertz CT molecular complexity index is 1180. The third-order valence-corrected chi connectivity index (χ3v) is 7.45. The number of aromatic nitrogens is 2. The minimum absolute atomic E-state index is 0.0115. The molecule has 2 aliphatic heterocycles. The Balaban J connectivity index is 1.60. The minimum atomic E-state index is -0.0604. The second kappa shape index (κ2) is 9.26. The number of benzene rings is 1. The molecule has 2 aromatic heterocycles. The Morgan fingerprint density at radius 3 is 2.73 bits per heavy atom. The molecule has 0 aliphatic carbocycles. The molecule has 5 rings (SSSR count). The number of hydrogen-bond acceptors (Lipinski definition) is 3. The molecular formula is C25H26Cl2N4OS. The Morgan fingerprint density at radius 2 is 2.03 bits per heavy atom. The zero-order chi connectivity index (χ0) is 23.1. The van der Waals surface area contributed by atoms with Gasteiger partial charge in [0.2, 0.25) is 0 Å². The average Bonchev–Trinajstić information content (AvgIpc) is 3.49. The number of halogens is 2. The molecule has 0 amide bonds. The summed E-state index contributed by atoms with van der Waals surface area (Å²) < 4.78 is 8.15. The van der Waals surface area contributed by atoms with Crippen molar-refractivity contribution in [3.63, 3.8) is 0 Å². The number of thiocarbonyl (C=S) groups is 1. The maximum Gasteiger partial charge on any atom is 0.170 e. The highest BCUT2D eigenvalue weighted by Crippen LogP contribution is 2.42. The van der Waals surface area contributed by atoms with Crippen molar-refractivity contribution in [1.82, 2.24) is 19.8 Å². The molecule has 0 spiro atoms. The number of nitrogens with one attached hydrogen (secondary N) is 1. The fraction of sp³-hybridized carbons (Fsp3) is 0.360. The average molecular weight is 501 g/mol. The summed E-state index contributed by atoms with van der Waals surface area (Å²) in [6.07, 6.45) is 4.16. The predicted octanol–water partition coefficient (Wildman–Crippen LogP) is 5.95. The maximum absolute atomic E-state index is 6.59. The van der Waals surface area contributed by atoms with Crippen LogP contribution in [0.2, 0.25) is 10.0 Å². The minimum Gasteiger partial charge on any atom is -0.376 e. The van der Waals surface area contributed by atoms with Gasteiger partial charge in [0, 0.05) is 35.8 Å². The molecule has 1 aromatic carbocycles. The molecule has 2 saturated heterocycles. The molecule has 0 bridgehead atoms. The second-order valence-electron chi connectivity index (χ2n) is 8.67. The molecule has 172 valence electrons. The van der Waals surface area contributed by atoms with Gasteiger partial charge in [0.1, 0.15) is 0 Å². The van der Waals surface area contributed by atoms with Crippen molar-refractivity contribution in [2.75, 3.05) is 13.2 Å². The lowest BCUT2D eigenvalue weighted by Gasteiger charge is -2.30. The number of pyridine rings is 1. The Labute approximate surface area is 209 Å². The van der Waals surface area contributed by atoms with Gasteiger partial charge in [0.15, 0.2) is 5.11 Å². The van der Waals surface area contributed by atoms with Gasteiger partial charge in [-0.1, -0.05) is 29.3 Å². The smallest absolute Gasteiger partial charge is 0.170 e. The lowest BCUT2D eigenvalue weighted by Crippen LogP contribution is -2.36. The van der Waals surface area contributed by atoms with Crippen molar-refractivity contribution in [2.24, 2.45) is 0 Å². The number of rotatable bonds is 5. The van der Waals surface area contributed by atoms with Crippen LogP contribution >= 0.6 is 35.4 Å². The van der Waals surface area contributed by atoms with E-state index in [9.17, 15) is 0 Å². The number of ether oxygens (including phenoxy) is 1. The van der Waals surface area contributed by atoms with Crippen LogP contribution in [0.1, 0.15) is 47.6 Å². The zero-order valence-electron chi connectivity index (χ0n) is 18.6. The highest BCUT2D eigenvalue weighted by Gasteiger charge is 2.42. The van der Waals surface area contributed by atoms with Crippen molar-refractivity contribution in [1.29, 1.82) is 0 Å². The van der Waals surface area contributed by atoms with E-state index in [1.807, 2.05) is 30.5 Å². The molecule has 33 heavy (non-hydrogen) atoms. The summed E-state index contributed by atoms with van der Waals surface area (Å²) in [5.41, 5.74) is 5.29. The fourth-order valence-corrected chi connectivity index (χ4v) is 5.88. The molecule has 2 fully saturated rings. The third kappa shape index (κ3) is 4.26. The summed E-state index contributed by atoms with van der Waals surface area (Å²) in [6, 6.07) is 13.8.